The molecule has 9 heteroatoms. The average molecular weight is 475 g/mol. The third kappa shape index (κ3) is 4.59. The maximum absolute atomic E-state index is 12.9. The molecule has 4 aromatic rings. The van der Waals surface area contributed by atoms with Gasteiger partial charge in [-0.25, -0.2) is 9.31 Å². The molecule has 0 saturated carbocycles. The Balaban J connectivity index is 1.29. The number of piperazine rings is 1. The number of carbonyl (C=O) groups is 1. The number of carbonyl (C=O) groups excluding carboxylic acids is 1. The van der Waals surface area contributed by atoms with E-state index in [-0.39, 0.29) is 18.8 Å². The molecule has 1 fully saturated rings. The zero-order valence-corrected chi connectivity index (χ0v) is 20.2. The van der Waals surface area contributed by atoms with Crippen LogP contribution in [-0.4, -0.2) is 67.8 Å². The highest BCUT2D eigenvalue weighted by Crippen LogP contribution is 2.28. The van der Waals surface area contributed by atoms with E-state index in [1.807, 2.05) is 80.5 Å². The van der Waals surface area contributed by atoms with Crippen LogP contribution in [-0.2, 0) is 11.8 Å². The molecule has 9 nitrogen and oxygen atoms in total. The Kier molecular flexibility index (Phi) is 6.17. The van der Waals surface area contributed by atoms with Crippen LogP contribution in [0, 0.1) is 6.92 Å². The average Bonchev–Trinajstić information content (AvgIpc) is 3.49. The molecule has 4 heterocycles. The van der Waals surface area contributed by atoms with Crippen molar-refractivity contribution >= 4 is 17.3 Å². The fourth-order valence-electron chi connectivity index (χ4n) is 4.55. The summed E-state index contributed by atoms with van der Waals surface area (Å²) >= 11 is 0. The van der Waals surface area contributed by atoms with Crippen molar-refractivity contribution in [3.63, 3.8) is 0 Å². The van der Waals surface area contributed by atoms with Gasteiger partial charge in [-0.15, -0.1) is 0 Å². The highest BCUT2D eigenvalue weighted by Gasteiger charge is 2.33. The van der Waals surface area contributed by atoms with E-state index in [0.29, 0.717) is 19.6 Å². The van der Waals surface area contributed by atoms with Gasteiger partial charge in [0.2, 0.25) is 0 Å². The van der Waals surface area contributed by atoms with Crippen molar-refractivity contribution in [1.29, 1.82) is 0 Å². The maximum atomic E-state index is 12.9. The number of nitrogens with zero attached hydrogens (tertiary/aromatic N) is 6. The second-order valence-electron chi connectivity index (χ2n) is 9.09. The quantitative estimate of drug-likeness (QED) is 0.477. The van der Waals surface area contributed by atoms with E-state index in [9.17, 15) is 9.90 Å². The van der Waals surface area contributed by atoms with E-state index in [4.69, 9.17) is 4.74 Å². The van der Waals surface area contributed by atoms with Gasteiger partial charge < -0.3 is 14.7 Å². The smallest absolute Gasteiger partial charge is 0.410 e. The Morgan fingerprint density at radius 2 is 1.89 bits per heavy atom. The molecule has 1 saturated heterocycles. The third-order valence-corrected chi connectivity index (χ3v) is 6.63. The second-order valence-corrected chi connectivity index (χ2v) is 9.09. The summed E-state index contributed by atoms with van der Waals surface area (Å²) in [6.45, 7) is 5.32. The summed E-state index contributed by atoms with van der Waals surface area (Å²) in [5, 5.41) is 18.9. The van der Waals surface area contributed by atoms with Gasteiger partial charge in [0.05, 0.1) is 36.2 Å². The third-order valence-electron chi connectivity index (χ3n) is 6.63. The molecule has 0 aliphatic carbocycles. The maximum Gasteiger partial charge on any atom is 0.410 e. The number of pyridine rings is 1. The fraction of sp³-hybridized carbons (Fsp3) is 0.346. The first-order valence-electron chi connectivity index (χ1n) is 11.8. The van der Waals surface area contributed by atoms with Gasteiger partial charge in [0.1, 0.15) is 6.10 Å². The zero-order chi connectivity index (χ0) is 24.5. The lowest BCUT2D eigenvalue weighted by atomic mass is 10.1. The molecule has 35 heavy (non-hydrogen) atoms. The van der Waals surface area contributed by atoms with Gasteiger partial charge in [-0.2, -0.15) is 10.2 Å². The molecule has 0 bridgehead atoms. The molecule has 0 radical (unpaired) electrons. The highest BCUT2D eigenvalue weighted by molar-refractivity contribution is 5.76. The summed E-state index contributed by atoms with van der Waals surface area (Å²) in [4.78, 5) is 16.7. The Morgan fingerprint density at radius 1 is 1.09 bits per heavy atom. The Bertz CT molecular complexity index is 1330. The first-order chi connectivity index (χ1) is 16.9. The van der Waals surface area contributed by atoms with Crippen molar-refractivity contribution in [2.24, 2.45) is 7.05 Å². The van der Waals surface area contributed by atoms with Crippen molar-refractivity contribution in [2.75, 3.05) is 31.1 Å². The van der Waals surface area contributed by atoms with E-state index in [1.165, 1.54) is 0 Å². The zero-order valence-electron chi connectivity index (χ0n) is 20.2. The second kappa shape index (κ2) is 9.42. The topological polar surface area (TPSA) is 88.1 Å². The van der Waals surface area contributed by atoms with Crippen LogP contribution in [0.2, 0.25) is 0 Å². The largest absolute Gasteiger partial charge is 0.442 e. The molecule has 5 rings (SSSR count). The number of hydrogen-bond donors (Lipinski definition) is 1. The lowest BCUT2D eigenvalue weighted by Crippen LogP contribution is -2.57. The number of aliphatic hydroxyl groups is 1. The van der Waals surface area contributed by atoms with Crippen molar-refractivity contribution in [1.82, 2.24) is 24.3 Å². The molecule has 1 aliphatic heterocycles. The van der Waals surface area contributed by atoms with Crippen LogP contribution in [0.25, 0.3) is 16.6 Å². The normalized spacial score (nSPS) is 17.1. The van der Waals surface area contributed by atoms with Gasteiger partial charge in [0, 0.05) is 50.2 Å². The molecule has 1 unspecified atom stereocenters. The van der Waals surface area contributed by atoms with Crippen LogP contribution in [0.5, 0.6) is 0 Å². The molecule has 3 aromatic heterocycles. The van der Waals surface area contributed by atoms with Crippen LogP contribution in [0.15, 0.2) is 61.2 Å². The molecular weight excluding hydrogens is 444 g/mol. The number of aromatic nitrogens is 4. The number of rotatable bonds is 5. The number of aryl methyl sites for hydroxylation is 2. The SMILES string of the molecule is Cc1ccc([C@@H](C)OC(=O)N2CCN(c3cnn4cc(-c5cnn(C)c5)ccc34)CC2CO)cc1. The van der Waals surface area contributed by atoms with Crippen molar-refractivity contribution in [2.45, 2.75) is 26.0 Å². The highest BCUT2D eigenvalue weighted by atomic mass is 16.6. The number of anilines is 1. The van der Waals surface area contributed by atoms with E-state index >= 15 is 0 Å². The summed E-state index contributed by atoms with van der Waals surface area (Å²) < 4.78 is 9.36. The molecule has 1 N–H and O–H groups in total. The molecule has 1 aromatic carbocycles. The molecule has 0 spiro atoms. The lowest BCUT2D eigenvalue weighted by Gasteiger charge is -2.41. The number of hydrogen-bond acceptors (Lipinski definition) is 6. The van der Waals surface area contributed by atoms with Crippen LogP contribution in [0.4, 0.5) is 10.5 Å². The summed E-state index contributed by atoms with van der Waals surface area (Å²) in [5.74, 6) is 0. The lowest BCUT2D eigenvalue weighted by molar-refractivity contribution is 0.0412. The monoisotopic (exact) mass is 474 g/mol. The van der Waals surface area contributed by atoms with Crippen molar-refractivity contribution < 1.29 is 14.6 Å². The number of ether oxygens (including phenoxy) is 1. The van der Waals surface area contributed by atoms with Gasteiger partial charge >= 0.3 is 6.09 Å². The first-order valence-corrected chi connectivity index (χ1v) is 11.8. The first kappa shape index (κ1) is 22.9. The number of fused-ring (bicyclic) bond motifs is 1. The van der Waals surface area contributed by atoms with Gasteiger partial charge in [-0.3, -0.25) is 9.58 Å². The Morgan fingerprint density at radius 3 is 2.60 bits per heavy atom. The van der Waals surface area contributed by atoms with Crippen LogP contribution >= 0.6 is 0 Å². The summed E-state index contributed by atoms with van der Waals surface area (Å²) in [7, 11) is 1.89. The van der Waals surface area contributed by atoms with E-state index in [1.54, 1.807) is 9.58 Å². The molecule has 1 amide bonds. The van der Waals surface area contributed by atoms with E-state index in [0.717, 1.165) is 33.5 Å². The van der Waals surface area contributed by atoms with Crippen LogP contribution in [0.3, 0.4) is 0 Å². The minimum absolute atomic E-state index is 0.144. The van der Waals surface area contributed by atoms with Crippen LogP contribution in [0.1, 0.15) is 24.2 Å². The number of amides is 1. The molecule has 182 valence electrons. The minimum Gasteiger partial charge on any atom is -0.442 e. The van der Waals surface area contributed by atoms with Gasteiger partial charge in [0.15, 0.2) is 0 Å². The molecular formula is C26H30N6O3. The fourth-order valence-corrected chi connectivity index (χ4v) is 4.55. The summed E-state index contributed by atoms with van der Waals surface area (Å²) in [5.41, 5.74) is 6.10. The van der Waals surface area contributed by atoms with E-state index < -0.39 is 6.09 Å². The van der Waals surface area contributed by atoms with Crippen LogP contribution < -0.4 is 4.90 Å². The Hall–Kier alpha value is -3.85. The predicted molar refractivity (Wildman–Crippen MR) is 133 cm³/mol. The van der Waals surface area contributed by atoms with Crippen molar-refractivity contribution in [3.05, 3.63) is 72.3 Å². The predicted octanol–water partition coefficient (Wildman–Crippen LogP) is 3.42. The molecule has 1 aliphatic rings. The number of benzene rings is 1. The standard InChI is InChI=1S/C26H30N6O3/c1-18-4-6-20(7-5-18)19(2)35-26(34)31-11-10-30(16-23(31)17-33)25-13-28-32-15-21(8-9-24(25)32)22-12-27-29(3)14-22/h4-9,12-15,19,23,33H,10-11,16-17H2,1-3H3/t19-,23?/m1/s1. The Labute approximate surface area is 204 Å². The van der Waals surface area contributed by atoms with Gasteiger partial charge in [-0.05, 0) is 25.5 Å². The van der Waals surface area contributed by atoms with Gasteiger partial charge in [-0.1, -0.05) is 35.9 Å². The van der Waals surface area contributed by atoms with Gasteiger partial charge in [0.25, 0.3) is 0 Å². The van der Waals surface area contributed by atoms with E-state index in [2.05, 4.69) is 21.2 Å². The molecule has 2 atom stereocenters. The number of aliphatic hydroxyl groups excluding tert-OH is 1. The summed E-state index contributed by atoms with van der Waals surface area (Å²) in [6, 6.07) is 11.7. The van der Waals surface area contributed by atoms with Crippen molar-refractivity contribution in [3.8, 4) is 11.1 Å². The minimum atomic E-state index is -0.405. The summed E-state index contributed by atoms with van der Waals surface area (Å²) in [6.07, 6.45) is 6.85.